The molecular weight excluding hydrogens is 368 g/mol. The summed E-state index contributed by atoms with van der Waals surface area (Å²) in [7, 11) is 0. The van der Waals surface area contributed by atoms with Crippen LogP contribution in [0.4, 0.5) is 0 Å². The van der Waals surface area contributed by atoms with Gasteiger partial charge in [-0.05, 0) is 70.2 Å². The van der Waals surface area contributed by atoms with E-state index in [2.05, 4.69) is 28.5 Å². The Morgan fingerprint density at radius 2 is 2.10 bits per heavy atom. The summed E-state index contributed by atoms with van der Waals surface area (Å²) in [4.78, 5) is 7.33. The number of nitrogens with zero attached hydrogens (tertiary/aromatic N) is 2. The van der Waals surface area contributed by atoms with E-state index < -0.39 is 0 Å². The summed E-state index contributed by atoms with van der Waals surface area (Å²) in [6, 6.07) is 4.24. The molecule has 2 aliphatic heterocycles. The molecule has 0 amide bonds. The Balaban J connectivity index is 1.39. The third kappa shape index (κ3) is 7.64. The average molecular weight is 407 g/mol. The van der Waals surface area contributed by atoms with Crippen molar-refractivity contribution in [1.29, 1.82) is 0 Å². The summed E-state index contributed by atoms with van der Waals surface area (Å²) in [5.74, 6) is 2.54. The molecule has 2 aliphatic rings. The van der Waals surface area contributed by atoms with Gasteiger partial charge >= 0.3 is 0 Å². The highest BCUT2D eigenvalue weighted by atomic mass is 16.5. The van der Waals surface area contributed by atoms with Crippen LogP contribution in [-0.2, 0) is 9.47 Å². The Kier molecular flexibility index (Phi) is 9.82. The fourth-order valence-corrected chi connectivity index (χ4v) is 3.98. The van der Waals surface area contributed by atoms with Gasteiger partial charge in [0.2, 0.25) is 0 Å². The van der Waals surface area contributed by atoms with Crippen molar-refractivity contribution in [2.45, 2.75) is 45.1 Å². The lowest BCUT2D eigenvalue weighted by Gasteiger charge is -2.24. The van der Waals surface area contributed by atoms with Crippen LogP contribution in [0.25, 0.3) is 0 Å². The quantitative estimate of drug-likeness (QED) is 0.335. The number of nitrogens with one attached hydrogen (secondary N) is 2. The van der Waals surface area contributed by atoms with Gasteiger partial charge in [-0.2, -0.15) is 0 Å². The molecule has 2 fully saturated rings. The molecule has 7 heteroatoms. The van der Waals surface area contributed by atoms with Crippen LogP contribution >= 0.6 is 0 Å². The zero-order valence-electron chi connectivity index (χ0n) is 17.9. The first-order valence-corrected chi connectivity index (χ1v) is 11.3. The van der Waals surface area contributed by atoms with Crippen LogP contribution in [0.15, 0.2) is 27.8 Å². The van der Waals surface area contributed by atoms with Crippen LogP contribution in [0.5, 0.6) is 0 Å². The lowest BCUT2D eigenvalue weighted by atomic mass is 10.0. The standard InChI is InChI=1S/C22H38N4O3/c1-2-23-22(24-10-6-13-28-18-19-8-15-27-16-9-19)25-17-20(21-7-5-14-29-21)26-11-3-4-12-26/h5,7,14,19-20H,2-4,6,8-13,15-18H2,1H3,(H2,23,24,25). The van der Waals surface area contributed by atoms with E-state index in [0.29, 0.717) is 12.5 Å². The average Bonchev–Trinajstić information content (AvgIpc) is 3.46. The summed E-state index contributed by atoms with van der Waals surface area (Å²) in [6.45, 7) is 10.1. The summed E-state index contributed by atoms with van der Waals surface area (Å²) >= 11 is 0. The molecule has 29 heavy (non-hydrogen) atoms. The molecule has 0 radical (unpaired) electrons. The number of furan rings is 1. The minimum Gasteiger partial charge on any atom is -0.468 e. The molecule has 164 valence electrons. The van der Waals surface area contributed by atoms with Crippen molar-refractivity contribution in [2.75, 3.05) is 59.2 Å². The minimum atomic E-state index is 0.214. The second kappa shape index (κ2) is 12.9. The highest BCUT2D eigenvalue weighted by Gasteiger charge is 2.25. The van der Waals surface area contributed by atoms with Gasteiger partial charge in [0, 0.05) is 39.5 Å². The summed E-state index contributed by atoms with van der Waals surface area (Å²) in [5, 5.41) is 6.79. The molecule has 2 N–H and O–H groups in total. The molecular formula is C22H38N4O3. The van der Waals surface area contributed by atoms with E-state index in [4.69, 9.17) is 18.9 Å². The number of rotatable bonds is 11. The van der Waals surface area contributed by atoms with Gasteiger partial charge in [-0.15, -0.1) is 0 Å². The van der Waals surface area contributed by atoms with Crippen molar-refractivity contribution in [1.82, 2.24) is 15.5 Å². The zero-order chi connectivity index (χ0) is 20.2. The summed E-state index contributed by atoms with van der Waals surface area (Å²) in [5.41, 5.74) is 0. The molecule has 1 atom stereocenters. The van der Waals surface area contributed by atoms with Crippen molar-refractivity contribution in [3.05, 3.63) is 24.2 Å². The highest BCUT2D eigenvalue weighted by Crippen LogP contribution is 2.25. The molecule has 3 heterocycles. The third-order valence-electron chi connectivity index (χ3n) is 5.67. The molecule has 1 aromatic heterocycles. The van der Waals surface area contributed by atoms with Crippen LogP contribution < -0.4 is 10.6 Å². The van der Waals surface area contributed by atoms with Gasteiger partial charge in [-0.3, -0.25) is 9.89 Å². The molecule has 0 saturated carbocycles. The second-order valence-electron chi connectivity index (χ2n) is 7.90. The van der Waals surface area contributed by atoms with Crippen molar-refractivity contribution in [3.63, 3.8) is 0 Å². The van der Waals surface area contributed by atoms with E-state index >= 15 is 0 Å². The first-order valence-electron chi connectivity index (χ1n) is 11.3. The number of aliphatic imine (C=N–C) groups is 1. The number of guanidine groups is 1. The molecule has 0 bridgehead atoms. The smallest absolute Gasteiger partial charge is 0.191 e. The van der Waals surface area contributed by atoms with Gasteiger partial charge in [0.1, 0.15) is 5.76 Å². The maximum absolute atomic E-state index is 5.85. The largest absolute Gasteiger partial charge is 0.468 e. The SMILES string of the molecule is CCNC(=NCC(c1ccco1)N1CCCC1)NCCCOCC1CCOCC1. The fraction of sp³-hybridized carbons (Fsp3) is 0.773. The van der Waals surface area contributed by atoms with Gasteiger partial charge < -0.3 is 24.5 Å². The van der Waals surface area contributed by atoms with Gasteiger partial charge in [0.25, 0.3) is 0 Å². The third-order valence-corrected chi connectivity index (χ3v) is 5.67. The number of likely N-dealkylation sites (tertiary alicyclic amines) is 1. The minimum absolute atomic E-state index is 0.214. The zero-order valence-corrected chi connectivity index (χ0v) is 17.9. The maximum atomic E-state index is 5.85. The Labute approximate surface area is 175 Å². The van der Waals surface area contributed by atoms with Crippen LogP contribution in [0, 0.1) is 5.92 Å². The predicted octanol–water partition coefficient (Wildman–Crippen LogP) is 2.80. The monoisotopic (exact) mass is 406 g/mol. The van der Waals surface area contributed by atoms with Gasteiger partial charge in [-0.1, -0.05) is 0 Å². The molecule has 0 spiro atoms. The number of hydrogen-bond donors (Lipinski definition) is 2. The molecule has 3 rings (SSSR count). The Morgan fingerprint density at radius 3 is 2.83 bits per heavy atom. The highest BCUT2D eigenvalue weighted by molar-refractivity contribution is 5.79. The predicted molar refractivity (Wildman–Crippen MR) is 115 cm³/mol. The molecule has 1 unspecified atom stereocenters. The van der Waals surface area contributed by atoms with Crippen LogP contribution in [0.2, 0.25) is 0 Å². The lowest BCUT2D eigenvalue weighted by molar-refractivity contribution is 0.0203. The first-order chi connectivity index (χ1) is 14.4. The second-order valence-corrected chi connectivity index (χ2v) is 7.90. The van der Waals surface area contributed by atoms with E-state index in [1.54, 1.807) is 6.26 Å². The maximum Gasteiger partial charge on any atom is 0.191 e. The topological polar surface area (TPSA) is 71.3 Å². The van der Waals surface area contributed by atoms with E-state index in [1.165, 1.54) is 12.8 Å². The number of hydrogen-bond acceptors (Lipinski definition) is 5. The van der Waals surface area contributed by atoms with Gasteiger partial charge in [0.15, 0.2) is 5.96 Å². The Hall–Kier alpha value is -1.57. The fourth-order valence-electron chi connectivity index (χ4n) is 3.98. The van der Waals surface area contributed by atoms with E-state index in [9.17, 15) is 0 Å². The number of ether oxygens (including phenoxy) is 2. The van der Waals surface area contributed by atoms with Crippen molar-refractivity contribution < 1.29 is 13.9 Å². The molecule has 1 aromatic rings. The molecule has 2 saturated heterocycles. The molecule has 7 nitrogen and oxygen atoms in total. The van der Waals surface area contributed by atoms with Gasteiger partial charge in [-0.25, -0.2) is 0 Å². The van der Waals surface area contributed by atoms with E-state index in [-0.39, 0.29) is 6.04 Å². The Bertz CT molecular complexity index is 567. The lowest BCUT2D eigenvalue weighted by Crippen LogP contribution is -2.39. The summed E-state index contributed by atoms with van der Waals surface area (Å²) < 4.78 is 16.9. The van der Waals surface area contributed by atoms with Gasteiger partial charge in [0.05, 0.1) is 18.8 Å². The van der Waals surface area contributed by atoms with E-state index in [0.717, 1.165) is 83.6 Å². The first kappa shape index (κ1) is 22.1. The van der Waals surface area contributed by atoms with Crippen LogP contribution in [0.3, 0.4) is 0 Å². The van der Waals surface area contributed by atoms with Crippen molar-refractivity contribution in [2.24, 2.45) is 10.9 Å². The van der Waals surface area contributed by atoms with Crippen molar-refractivity contribution in [3.8, 4) is 0 Å². The van der Waals surface area contributed by atoms with Crippen LogP contribution in [0.1, 0.15) is 50.8 Å². The van der Waals surface area contributed by atoms with Crippen molar-refractivity contribution >= 4 is 5.96 Å². The molecule has 0 aromatic carbocycles. The normalized spacial score (nSPS) is 20.1. The molecule has 0 aliphatic carbocycles. The van der Waals surface area contributed by atoms with E-state index in [1.807, 2.05) is 6.07 Å². The summed E-state index contributed by atoms with van der Waals surface area (Å²) in [6.07, 6.45) is 7.50. The Morgan fingerprint density at radius 1 is 1.28 bits per heavy atom. The van der Waals surface area contributed by atoms with Crippen LogP contribution in [-0.4, -0.2) is 70.0 Å².